The Balaban J connectivity index is 1.79. The molecule has 1 heteroatoms. The van der Waals surface area contributed by atoms with Gasteiger partial charge in [0.1, 0.15) is 0 Å². The SMILES string of the molecule is CC1c2ccccc2-c2c(-c3cnc4ccccc4c3)cccc21. The van der Waals surface area contributed by atoms with Crippen LogP contribution in [-0.4, -0.2) is 4.98 Å². The highest BCUT2D eigenvalue weighted by Gasteiger charge is 2.27. The number of nitrogens with zero attached hydrogens (tertiary/aromatic N) is 1. The van der Waals surface area contributed by atoms with Gasteiger partial charge >= 0.3 is 0 Å². The van der Waals surface area contributed by atoms with Crippen molar-refractivity contribution in [3.63, 3.8) is 0 Å². The first-order chi connectivity index (χ1) is 11.8. The summed E-state index contributed by atoms with van der Waals surface area (Å²) < 4.78 is 0. The molecule has 3 aromatic carbocycles. The van der Waals surface area contributed by atoms with Crippen molar-refractivity contribution in [3.05, 3.63) is 90.1 Å². The summed E-state index contributed by atoms with van der Waals surface area (Å²) in [4.78, 5) is 4.66. The van der Waals surface area contributed by atoms with Gasteiger partial charge in [-0.2, -0.15) is 0 Å². The largest absolute Gasteiger partial charge is 0.256 e. The third kappa shape index (κ3) is 1.85. The number of hydrogen-bond donors (Lipinski definition) is 0. The number of pyridine rings is 1. The molecule has 0 aliphatic heterocycles. The maximum absolute atomic E-state index is 4.66. The fourth-order valence-electron chi connectivity index (χ4n) is 3.96. The maximum atomic E-state index is 4.66. The van der Waals surface area contributed by atoms with Gasteiger partial charge in [-0.05, 0) is 39.9 Å². The molecular formula is C23H17N. The Bertz CT molecular complexity index is 1080. The summed E-state index contributed by atoms with van der Waals surface area (Å²) in [5.41, 5.74) is 9.09. The molecule has 1 aliphatic rings. The minimum Gasteiger partial charge on any atom is -0.256 e. The number of rotatable bonds is 1. The molecule has 0 spiro atoms. The van der Waals surface area contributed by atoms with E-state index in [4.69, 9.17) is 0 Å². The maximum Gasteiger partial charge on any atom is 0.0702 e. The lowest BCUT2D eigenvalue weighted by Crippen LogP contribution is -1.90. The molecule has 1 heterocycles. The van der Waals surface area contributed by atoms with Gasteiger partial charge in [0.15, 0.2) is 0 Å². The second kappa shape index (κ2) is 5.04. The Morgan fingerprint density at radius 2 is 1.50 bits per heavy atom. The van der Waals surface area contributed by atoms with Gasteiger partial charge in [-0.15, -0.1) is 0 Å². The van der Waals surface area contributed by atoms with Crippen molar-refractivity contribution in [2.45, 2.75) is 12.8 Å². The normalized spacial score (nSPS) is 15.3. The highest BCUT2D eigenvalue weighted by atomic mass is 14.6. The van der Waals surface area contributed by atoms with Crippen molar-refractivity contribution >= 4 is 10.9 Å². The molecule has 4 aromatic rings. The van der Waals surface area contributed by atoms with Crippen molar-refractivity contribution < 1.29 is 0 Å². The van der Waals surface area contributed by atoms with Crippen molar-refractivity contribution in [3.8, 4) is 22.3 Å². The Morgan fingerprint density at radius 3 is 2.46 bits per heavy atom. The van der Waals surface area contributed by atoms with Gasteiger partial charge in [0, 0.05) is 23.1 Å². The van der Waals surface area contributed by atoms with Crippen LogP contribution in [0.25, 0.3) is 33.2 Å². The summed E-state index contributed by atoms with van der Waals surface area (Å²) in [5.74, 6) is 0.449. The van der Waals surface area contributed by atoms with Gasteiger partial charge in [0.05, 0.1) is 5.52 Å². The molecule has 0 saturated heterocycles. The molecule has 5 rings (SSSR count). The first-order valence-electron chi connectivity index (χ1n) is 8.40. The molecule has 1 atom stereocenters. The quantitative estimate of drug-likeness (QED) is 0.418. The van der Waals surface area contributed by atoms with Crippen LogP contribution < -0.4 is 0 Å². The molecule has 1 unspecified atom stereocenters. The number of para-hydroxylation sites is 1. The first-order valence-corrected chi connectivity index (χ1v) is 8.40. The zero-order chi connectivity index (χ0) is 16.1. The van der Waals surface area contributed by atoms with E-state index in [1.807, 2.05) is 12.3 Å². The lowest BCUT2D eigenvalue weighted by Gasteiger charge is -2.11. The molecule has 24 heavy (non-hydrogen) atoms. The van der Waals surface area contributed by atoms with E-state index in [9.17, 15) is 0 Å². The third-order valence-electron chi connectivity index (χ3n) is 5.16. The average molecular weight is 307 g/mol. The number of benzene rings is 3. The van der Waals surface area contributed by atoms with Crippen LogP contribution in [0.1, 0.15) is 24.0 Å². The fraction of sp³-hybridized carbons (Fsp3) is 0.0870. The zero-order valence-electron chi connectivity index (χ0n) is 13.5. The standard InChI is InChI=1S/C23H17N/c1-15-18-8-3-4-9-21(18)23-19(15)10-6-11-20(23)17-13-16-7-2-5-12-22(16)24-14-17/h2-15H,1H3. The molecule has 0 saturated carbocycles. The number of fused-ring (bicyclic) bond motifs is 4. The molecule has 1 aromatic heterocycles. The van der Waals surface area contributed by atoms with Crippen molar-refractivity contribution in [2.75, 3.05) is 0 Å². The van der Waals surface area contributed by atoms with Gasteiger partial charge in [0.25, 0.3) is 0 Å². The molecule has 0 fully saturated rings. The Hall–Kier alpha value is -2.93. The Labute approximate surface area is 141 Å². The van der Waals surface area contributed by atoms with E-state index < -0.39 is 0 Å². The van der Waals surface area contributed by atoms with Gasteiger partial charge in [0.2, 0.25) is 0 Å². The topological polar surface area (TPSA) is 12.9 Å². The monoisotopic (exact) mass is 307 g/mol. The second-order valence-corrected chi connectivity index (χ2v) is 6.50. The highest BCUT2D eigenvalue weighted by molar-refractivity contribution is 5.93. The summed E-state index contributed by atoms with van der Waals surface area (Å²) in [6, 6.07) is 26.0. The Kier molecular flexibility index (Phi) is 2.83. The van der Waals surface area contributed by atoms with E-state index in [-0.39, 0.29) is 0 Å². The van der Waals surface area contributed by atoms with Crippen molar-refractivity contribution in [1.29, 1.82) is 0 Å². The van der Waals surface area contributed by atoms with E-state index in [2.05, 4.69) is 78.6 Å². The summed E-state index contributed by atoms with van der Waals surface area (Å²) in [5, 5.41) is 1.19. The lowest BCUT2D eigenvalue weighted by atomic mass is 9.93. The highest BCUT2D eigenvalue weighted by Crippen LogP contribution is 2.48. The van der Waals surface area contributed by atoms with Gasteiger partial charge in [-0.25, -0.2) is 0 Å². The predicted molar refractivity (Wildman–Crippen MR) is 100 cm³/mol. The van der Waals surface area contributed by atoms with Crippen molar-refractivity contribution in [1.82, 2.24) is 4.98 Å². The van der Waals surface area contributed by atoms with Gasteiger partial charge < -0.3 is 0 Å². The van der Waals surface area contributed by atoms with E-state index in [1.54, 1.807) is 0 Å². The van der Waals surface area contributed by atoms with Crippen LogP contribution in [0.5, 0.6) is 0 Å². The van der Waals surface area contributed by atoms with Crippen LogP contribution in [0, 0.1) is 0 Å². The van der Waals surface area contributed by atoms with Crippen LogP contribution in [0.3, 0.4) is 0 Å². The van der Waals surface area contributed by atoms with E-state index in [0.29, 0.717) is 5.92 Å². The van der Waals surface area contributed by atoms with Crippen LogP contribution >= 0.6 is 0 Å². The Morgan fingerprint density at radius 1 is 0.750 bits per heavy atom. The van der Waals surface area contributed by atoms with Gasteiger partial charge in [-0.1, -0.05) is 67.6 Å². The van der Waals surface area contributed by atoms with Crippen LogP contribution in [0.15, 0.2) is 79.0 Å². The summed E-state index contributed by atoms with van der Waals surface area (Å²) in [7, 11) is 0. The van der Waals surface area contributed by atoms with Crippen LogP contribution in [-0.2, 0) is 0 Å². The summed E-state index contributed by atoms with van der Waals surface area (Å²) >= 11 is 0. The van der Waals surface area contributed by atoms with Crippen LogP contribution in [0.4, 0.5) is 0 Å². The molecule has 1 aliphatic carbocycles. The summed E-state index contributed by atoms with van der Waals surface area (Å²) in [6.07, 6.45) is 2.00. The average Bonchev–Trinajstić information content (AvgIpc) is 2.95. The molecule has 1 nitrogen and oxygen atoms in total. The minimum atomic E-state index is 0.449. The summed E-state index contributed by atoms with van der Waals surface area (Å²) in [6.45, 7) is 2.30. The zero-order valence-corrected chi connectivity index (χ0v) is 13.5. The van der Waals surface area contributed by atoms with Crippen LogP contribution in [0.2, 0.25) is 0 Å². The molecule has 0 N–H and O–H groups in total. The minimum absolute atomic E-state index is 0.449. The first kappa shape index (κ1) is 13.5. The molecule has 114 valence electrons. The van der Waals surface area contributed by atoms with E-state index >= 15 is 0 Å². The molecule has 0 amide bonds. The molecule has 0 radical (unpaired) electrons. The predicted octanol–water partition coefficient (Wildman–Crippen LogP) is 6.03. The lowest BCUT2D eigenvalue weighted by molar-refractivity contribution is 0.957. The fourth-order valence-corrected chi connectivity index (χ4v) is 3.96. The van der Waals surface area contributed by atoms with Gasteiger partial charge in [-0.3, -0.25) is 4.98 Å². The number of aromatic nitrogens is 1. The molecule has 0 bridgehead atoms. The van der Waals surface area contributed by atoms with Crippen molar-refractivity contribution in [2.24, 2.45) is 0 Å². The van der Waals surface area contributed by atoms with E-state index in [1.165, 1.54) is 38.8 Å². The molecular weight excluding hydrogens is 290 g/mol. The second-order valence-electron chi connectivity index (χ2n) is 6.50. The number of hydrogen-bond acceptors (Lipinski definition) is 1. The van der Waals surface area contributed by atoms with E-state index in [0.717, 1.165) is 5.52 Å². The third-order valence-corrected chi connectivity index (χ3v) is 5.16. The smallest absolute Gasteiger partial charge is 0.0702 e.